The Bertz CT molecular complexity index is 1250. The van der Waals surface area contributed by atoms with Gasteiger partial charge in [-0.1, -0.05) is 19.1 Å². The summed E-state index contributed by atoms with van der Waals surface area (Å²) in [5.74, 6) is 0.586. The molecule has 0 amide bonds. The van der Waals surface area contributed by atoms with E-state index in [0.717, 1.165) is 72.3 Å². The minimum atomic E-state index is -0.407. The van der Waals surface area contributed by atoms with Gasteiger partial charge in [0.05, 0.1) is 11.6 Å². The molecule has 1 aliphatic heterocycles. The van der Waals surface area contributed by atoms with Gasteiger partial charge in [0.15, 0.2) is 23.1 Å². The maximum atomic E-state index is 13.4. The van der Waals surface area contributed by atoms with Crippen LogP contribution in [-0.2, 0) is 16.2 Å². The third-order valence-corrected chi connectivity index (χ3v) is 8.00. The number of carbonyl (C=O) groups excluding carboxylic acids is 2. The number of methoxy groups -OCH3 is 1. The molecule has 0 aromatic heterocycles. The first kappa shape index (κ1) is 25.7. The number of allylic oxidation sites excluding steroid dienone is 4. The van der Waals surface area contributed by atoms with Crippen LogP contribution < -0.4 is 9.47 Å². The predicted octanol–water partition coefficient (Wildman–Crippen LogP) is 7.00. The average Bonchev–Trinajstić information content (AvgIpc) is 2.89. The number of hydrogen-bond acceptors (Lipinski definition) is 5. The Morgan fingerprint density at radius 3 is 2.16 bits per heavy atom. The zero-order valence-corrected chi connectivity index (χ0v) is 22.8. The van der Waals surface area contributed by atoms with E-state index in [2.05, 4.69) is 27.8 Å². The molecule has 2 aromatic rings. The molecule has 0 N–H and O–H groups in total. The van der Waals surface area contributed by atoms with Crippen molar-refractivity contribution in [3.8, 4) is 11.5 Å². The smallest absolute Gasteiger partial charge is 0.175 e. The van der Waals surface area contributed by atoms with E-state index in [9.17, 15) is 14.0 Å². The molecule has 2 aliphatic carbocycles. The SMILES string of the molecule is CCCN1C2=C(C(=O)CCC2)C(c2cc(Br)c(OCc3ccc(F)cc3)c(OC)c2)C2=C1CCCC2=O. The standard InChI is InChI=1S/C30H31BrFNO4/c1-3-14-33-22-6-4-8-24(34)28(22)27(29-23(33)7-5-9-25(29)35)19-15-21(31)30(26(16-19)36-2)37-17-18-10-12-20(32)13-11-18/h10-13,15-16,27H,3-9,14,17H2,1-2H3. The summed E-state index contributed by atoms with van der Waals surface area (Å²) in [6, 6.07) is 10.0. The normalized spacial score (nSPS) is 18.2. The number of halogens is 2. The van der Waals surface area contributed by atoms with Gasteiger partial charge in [0.25, 0.3) is 0 Å². The van der Waals surface area contributed by atoms with E-state index < -0.39 is 5.92 Å². The highest BCUT2D eigenvalue weighted by Crippen LogP contribution is 2.51. The van der Waals surface area contributed by atoms with Crippen molar-refractivity contribution in [3.05, 3.63) is 80.4 Å². The van der Waals surface area contributed by atoms with Gasteiger partial charge in [0.2, 0.25) is 0 Å². The summed E-state index contributed by atoms with van der Waals surface area (Å²) < 4.78 is 25.8. The second-order valence-electron chi connectivity index (χ2n) is 9.81. The molecule has 0 bridgehead atoms. The lowest BCUT2D eigenvalue weighted by molar-refractivity contribution is -0.117. The molecule has 194 valence electrons. The van der Waals surface area contributed by atoms with Gasteiger partial charge in [0, 0.05) is 47.8 Å². The van der Waals surface area contributed by atoms with E-state index in [1.807, 2.05) is 12.1 Å². The number of Topliss-reactive ketones (excluding diaryl/α,β-unsaturated/α-hetero) is 2. The fourth-order valence-corrected chi connectivity index (χ4v) is 6.40. The van der Waals surface area contributed by atoms with Gasteiger partial charge in [-0.15, -0.1) is 0 Å². The van der Waals surface area contributed by atoms with Gasteiger partial charge in [-0.05, 0) is 83.4 Å². The minimum Gasteiger partial charge on any atom is -0.493 e. The van der Waals surface area contributed by atoms with Crippen LogP contribution in [-0.4, -0.2) is 30.1 Å². The second-order valence-corrected chi connectivity index (χ2v) is 10.7. The highest BCUT2D eigenvalue weighted by molar-refractivity contribution is 9.10. The Labute approximate surface area is 225 Å². The number of carbonyl (C=O) groups is 2. The lowest BCUT2D eigenvalue weighted by atomic mass is 9.71. The molecule has 0 radical (unpaired) electrons. The molecular weight excluding hydrogens is 537 g/mol. The number of ketones is 2. The zero-order chi connectivity index (χ0) is 26.1. The molecule has 0 saturated heterocycles. The van der Waals surface area contributed by atoms with E-state index >= 15 is 0 Å². The van der Waals surface area contributed by atoms with Crippen LogP contribution in [0.15, 0.2) is 63.4 Å². The molecular formula is C30H31BrFNO4. The van der Waals surface area contributed by atoms with Crippen molar-refractivity contribution >= 4 is 27.5 Å². The Morgan fingerprint density at radius 2 is 1.59 bits per heavy atom. The molecule has 0 fully saturated rings. The van der Waals surface area contributed by atoms with E-state index in [1.165, 1.54) is 12.1 Å². The molecule has 37 heavy (non-hydrogen) atoms. The molecule has 5 nitrogen and oxygen atoms in total. The van der Waals surface area contributed by atoms with Gasteiger partial charge in [0.1, 0.15) is 12.4 Å². The van der Waals surface area contributed by atoms with Gasteiger partial charge in [-0.2, -0.15) is 0 Å². The number of hydrogen-bond donors (Lipinski definition) is 0. The van der Waals surface area contributed by atoms with E-state index in [1.54, 1.807) is 19.2 Å². The van der Waals surface area contributed by atoms with Crippen LogP contribution in [0, 0.1) is 5.82 Å². The maximum absolute atomic E-state index is 13.4. The molecule has 0 unspecified atom stereocenters. The first-order valence-electron chi connectivity index (χ1n) is 13.0. The fourth-order valence-electron chi connectivity index (χ4n) is 5.83. The lowest BCUT2D eigenvalue weighted by Gasteiger charge is -2.44. The summed E-state index contributed by atoms with van der Waals surface area (Å²) in [5, 5.41) is 0. The second kappa shape index (κ2) is 10.8. The summed E-state index contributed by atoms with van der Waals surface area (Å²) >= 11 is 3.66. The molecule has 1 heterocycles. The van der Waals surface area contributed by atoms with Crippen LogP contribution >= 0.6 is 15.9 Å². The molecule has 2 aromatic carbocycles. The van der Waals surface area contributed by atoms with Crippen molar-refractivity contribution in [3.63, 3.8) is 0 Å². The van der Waals surface area contributed by atoms with Crippen LogP contribution in [0.3, 0.4) is 0 Å². The van der Waals surface area contributed by atoms with Crippen molar-refractivity contribution in [1.82, 2.24) is 4.90 Å². The van der Waals surface area contributed by atoms with E-state index in [4.69, 9.17) is 9.47 Å². The number of ether oxygens (including phenoxy) is 2. The number of benzene rings is 2. The Hall–Kier alpha value is -2.93. The van der Waals surface area contributed by atoms with Crippen molar-refractivity contribution in [2.75, 3.05) is 13.7 Å². The van der Waals surface area contributed by atoms with Crippen molar-refractivity contribution < 1.29 is 23.5 Å². The minimum absolute atomic E-state index is 0.129. The summed E-state index contributed by atoms with van der Waals surface area (Å²) in [7, 11) is 1.58. The average molecular weight is 568 g/mol. The van der Waals surface area contributed by atoms with Crippen molar-refractivity contribution in [2.45, 2.75) is 64.4 Å². The van der Waals surface area contributed by atoms with E-state index in [-0.39, 0.29) is 24.0 Å². The number of nitrogens with zero attached hydrogens (tertiary/aromatic N) is 1. The number of rotatable bonds is 7. The molecule has 7 heteroatoms. The Balaban J connectivity index is 1.59. The van der Waals surface area contributed by atoms with Crippen LogP contribution in [0.25, 0.3) is 0 Å². The Morgan fingerprint density at radius 1 is 0.973 bits per heavy atom. The highest BCUT2D eigenvalue weighted by atomic mass is 79.9. The third kappa shape index (κ3) is 4.86. The largest absolute Gasteiger partial charge is 0.493 e. The first-order valence-corrected chi connectivity index (χ1v) is 13.8. The highest BCUT2D eigenvalue weighted by Gasteiger charge is 2.43. The van der Waals surface area contributed by atoms with Crippen molar-refractivity contribution in [2.24, 2.45) is 0 Å². The Kier molecular flexibility index (Phi) is 7.52. The summed E-state index contributed by atoms with van der Waals surface area (Å²) in [6.07, 6.45) is 5.32. The fraction of sp³-hybridized carbons (Fsp3) is 0.400. The topological polar surface area (TPSA) is 55.8 Å². The lowest BCUT2D eigenvalue weighted by Crippen LogP contribution is -2.39. The zero-order valence-electron chi connectivity index (χ0n) is 21.2. The van der Waals surface area contributed by atoms with Gasteiger partial charge < -0.3 is 14.4 Å². The van der Waals surface area contributed by atoms with Crippen LogP contribution in [0.4, 0.5) is 4.39 Å². The van der Waals surface area contributed by atoms with Crippen LogP contribution in [0.1, 0.15) is 68.9 Å². The molecule has 5 rings (SSSR count). The summed E-state index contributed by atoms with van der Waals surface area (Å²) in [6.45, 7) is 3.19. The third-order valence-electron chi connectivity index (χ3n) is 7.42. The first-order chi connectivity index (χ1) is 17.9. The van der Waals surface area contributed by atoms with E-state index in [0.29, 0.717) is 28.8 Å². The molecule has 0 saturated carbocycles. The van der Waals surface area contributed by atoms with Gasteiger partial charge >= 0.3 is 0 Å². The van der Waals surface area contributed by atoms with Gasteiger partial charge in [-0.3, -0.25) is 9.59 Å². The van der Waals surface area contributed by atoms with Gasteiger partial charge in [-0.25, -0.2) is 4.39 Å². The molecule has 3 aliphatic rings. The maximum Gasteiger partial charge on any atom is 0.175 e. The molecule has 0 atom stereocenters. The summed E-state index contributed by atoms with van der Waals surface area (Å²) in [5.41, 5.74) is 5.38. The van der Waals surface area contributed by atoms with Crippen LogP contribution in [0.2, 0.25) is 0 Å². The quantitative estimate of drug-likeness (QED) is 0.360. The monoisotopic (exact) mass is 567 g/mol. The predicted molar refractivity (Wildman–Crippen MR) is 143 cm³/mol. The summed E-state index contributed by atoms with van der Waals surface area (Å²) in [4.78, 5) is 29.1. The molecule has 0 spiro atoms. The van der Waals surface area contributed by atoms with Crippen molar-refractivity contribution in [1.29, 1.82) is 0 Å². The van der Waals surface area contributed by atoms with Crippen LogP contribution in [0.5, 0.6) is 11.5 Å².